The zero-order valence-corrected chi connectivity index (χ0v) is 20.1. The van der Waals surface area contributed by atoms with Crippen LogP contribution in [0.3, 0.4) is 0 Å². The van der Waals surface area contributed by atoms with Gasteiger partial charge >= 0.3 is 0 Å². The van der Waals surface area contributed by atoms with Gasteiger partial charge in [0.25, 0.3) is 0 Å². The normalized spacial score (nSPS) is 13.1. The molecule has 0 aromatic carbocycles. The second kappa shape index (κ2) is 19.0. The van der Waals surface area contributed by atoms with Crippen LogP contribution in [0, 0.1) is 0 Å². The summed E-state index contributed by atoms with van der Waals surface area (Å²) in [6.07, 6.45) is 32.2. The Kier molecular flexibility index (Phi) is 17.1. The first kappa shape index (κ1) is 26.1. The Morgan fingerprint density at radius 3 is 1.59 bits per heavy atom. The number of unbranched alkanes of at least 4 members (excludes halogenated alkanes) is 15. The van der Waals surface area contributed by atoms with Crippen molar-refractivity contribution < 1.29 is 0 Å². The SMILES string of the molecule is CCCC/C=C(\C)C(CCCCCCCCCCCCCCCC)n1cccc1. The lowest BCUT2D eigenvalue weighted by Crippen LogP contribution is -2.08. The minimum atomic E-state index is 0.569. The smallest absolute Gasteiger partial charge is 0.0537 e. The van der Waals surface area contributed by atoms with Crippen molar-refractivity contribution in [1.29, 1.82) is 0 Å². The van der Waals surface area contributed by atoms with Crippen LogP contribution in [0.4, 0.5) is 0 Å². The molecule has 0 radical (unpaired) electrons. The third kappa shape index (κ3) is 13.8. The summed E-state index contributed by atoms with van der Waals surface area (Å²) in [5.74, 6) is 0. The van der Waals surface area contributed by atoms with E-state index >= 15 is 0 Å². The Balaban J connectivity index is 2.06. The number of nitrogens with zero attached hydrogens (tertiary/aromatic N) is 1. The lowest BCUT2D eigenvalue weighted by molar-refractivity contribution is 0.481. The Labute approximate surface area is 183 Å². The molecule has 0 aliphatic rings. The highest BCUT2D eigenvalue weighted by atomic mass is 15.0. The topological polar surface area (TPSA) is 4.93 Å². The van der Waals surface area contributed by atoms with Gasteiger partial charge < -0.3 is 4.57 Å². The summed E-state index contributed by atoms with van der Waals surface area (Å²) in [4.78, 5) is 0. The number of aromatic nitrogens is 1. The maximum atomic E-state index is 2.48. The van der Waals surface area contributed by atoms with E-state index in [1.54, 1.807) is 5.57 Å². The van der Waals surface area contributed by atoms with Gasteiger partial charge in [0.1, 0.15) is 0 Å². The summed E-state index contributed by atoms with van der Waals surface area (Å²) in [6.45, 7) is 6.92. The molecule has 1 heteroatoms. The van der Waals surface area contributed by atoms with Crippen LogP contribution >= 0.6 is 0 Å². The molecule has 0 aliphatic carbocycles. The van der Waals surface area contributed by atoms with Gasteiger partial charge in [-0.25, -0.2) is 0 Å². The zero-order valence-electron chi connectivity index (χ0n) is 20.1. The van der Waals surface area contributed by atoms with E-state index in [1.807, 2.05) is 0 Å². The highest BCUT2D eigenvalue weighted by molar-refractivity contribution is 5.09. The standard InChI is InChI=1S/C28H51N/c1-4-6-8-9-10-11-12-13-14-15-16-17-18-20-24-28(29-25-21-22-26-29)27(3)23-19-7-5-2/h21-23,25-26,28H,4-20,24H2,1-3H3/b27-23+. The van der Waals surface area contributed by atoms with Gasteiger partial charge in [0, 0.05) is 12.4 Å². The molecule has 0 spiro atoms. The fraction of sp³-hybridized carbons (Fsp3) is 0.786. The van der Waals surface area contributed by atoms with Gasteiger partial charge in [0.15, 0.2) is 0 Å². The van der Waals surface area contributed by atoms with E-state index in [0.29, 0.717) is 6.04 Å². The Hall–Kier alpha value is -0.980. The molecule has 1 heterocycles. The van der Waals surface area contributed by atoms with Crippen LogP contribution in [-0.4, -0.2) is 4.57 Å². The first-order valence-corrected chi connectivity index (χ1v) is 13.1. The molecule has 0 aliphatic heterocycles. The third-order valence-corrected chi connectivity index (χ3v) is 6.37. The van der Waals surface area contributed by atoms with Crippen molar-refractivity contribution >= 4 is 0 Å². The molecule has 1 aromatic heterocycles. The monoisotopic (exact) mass is 401 g/mol. The van der Waals surface area contributed by atoms with Crippen LogP contribution in [0.25, 0.3) is 0 Å². The molecule has 1 unspecified atom stereocenters. The van der Waals surface area contributed by atoms with Crippen LogP contribution in [0.1, 0.15) is 142 Å². The summed E-state index contributed by atoms with van der Waals surface area (Å²) in [7, 11) is 0. The maximum absolute atomic E-state index is 2.48. The van der Waals surface area contributed by atoms with Crippen molar-refractivity contribution in [2.24, 2.45) is 0 Å². The van der Waals surface area contributed by atoms with Gasteiger partial charge in [-0.05, 0) is 31.9 Å². The molecular weight excluding hydrogens is 350 g/mol. The van der Waals surface area contributed by atoms with E-state index in [9.17, 15) is 0 Å². The highest BCUT2D eigenvalue weighted by Gasteiger charge is 2.11. The molecule has 29 heavy (non-hydrogen) atoms. The molecule has 1 aromatic rings. The molecule has 0 saturated heterocycles. The predicted octanol–water partition coefficient (Wildman–Crippen LogP) is 10.0. The van der Waals surface area contributed by atoms with Gasteiger partial charge in [-0.2, -0.15) is 0 Å². The zero-order chi connectivity index (χ0) is 21.0. The van der Waals surface area contributed by atoms with Crippen molar-refractivity contribution in [3.05, 3.63) is 36.2 Å². The molecule has 0 bridgehead atoms. The summed E-state index contributed by atoms with van der Waals surface area (Å²) < 4.78 is 2.42. The van der Waals surface area contributed by atoms with Crippen molar-refractivity contribution in [2.45, 2.75) is 142 Å². The van der Waals surface area contributed by atoms with Crippen LogP contribution in [0.2, 0.25) is 0 Å². The first-order valence-electron chi connectivity index (χ1n) is 13.1. The van der Waals surface area contributed by atoms with E-state index < -0.39 is 0 Å². The van der Waals surface area contributed by atoms with Gasteiger partial charge in [0.05, 0.1) is 6.04 Å². The molecule has 0 fully saturated rings. The second-order valence-corrected chi connectivity index (χ2v) is 9.12. The second-order valence-electron chi connectivity index (χ2n) is 9.12. The van der Waals surface area contributed by atoms with E-state index in [1.165, 1.54) is 116 Å². The van der Waals surface area contributed by atoms with Gasteiger partial charge in [-0.15, -0.1) is 0 Å². The van der Waals surface area contributed by atoms with Crippen LogP contribution < -0.4 is 0 Å². The quantitative estimate of drug-likeness (QED) is 0.151. The number of hydrogen-bond acceptors (Lipinski definition) is 0. The van der Waals surface area contributed by atoms with Crippen molar-refractivity contribution in [3.63, 3.8) is 0 Å². The van der Waals surface area contributed by atoms with Crippen molar-refractivity contribution in [3.8, 4) is 0 Å². The van der Waals surface area contributed by atoms with Crippen LogP contribution in [0.5, 0.6) is 0 Å². The minimum Gasteiger partial charge on any atom is -0.347 e. The molecule has 1 rings (SSSR count). The van der Waals surface area contributed by atoms with E-state index in [-0.39, 0.29) is 0 Å². The summed E-state index contributed by atoms with van der Waals surface area (Å²) >= 11 is 0. The van der Waals surface area contributed by atoms with Gasteiger partial charge in [-0.1, -0.05) is 128 Å². The summed E-state index contributed by atoms with van der Waals surface area (Å²) in [6, 6.07) is 4.90. The van der Waals surface area contributed by atoms with Gasteiger partial charge in [-0.3, -0.25) is 0 Å². The predicted molar refractivity (Wildman–Crippen MR) is 132 cm³/mol. The van der Waals surface area contributed by atoms with E-state index in [2.05, 4.69) is 55.9 Å². The third-order valence-electron chi connectivity index (χ3n) is 6.37. The van der Waals surface area contributed by atoms with Crippen LogP contribution in [-0.2, 0) is 0 Å². The van der Waals surface area contributed by atoms with E-state index in [4.69, 9.17) is 0 Å². The Morgan fingerprint density at radius 2 is 1.10 bits per heavy atom. The minimum absolute atomic E-state index is 0.569. The molecule has 1 nitrogen and oxygen atoms in total. The Bertz CT molecular complexity index is 471. The number of hydrogen-bond donors (Lipinski definition) is 0. The van der Waals surface area contributed by atoms with E-state index in [0.717, 1.165) is 0 Å². The number of rotatable bonds is 20. The molecule has 168 valence electrons. The average Bonchev–Trinajstić information content (AvgIpc) is 3.25. The average molecular weight is 402 g/mol. The number of allylic oxidation sites excluding steroid dienone is 2. The van der Waals surface area contributed by atoms with Crippen molar-refractivity contribution in [1.82, 2.24) is 4.57 Å². The fourth-order valence-corrected chi connectivity index (χ4v) is 4.37. The lowest BCUT2D eigenvalue weighted by Gasteiger charge is -2.20. The molecule has 0 saturated carbocycles. The maximum Gasteiger partial charge on any atom is 0.0537 e. The highest BCUT2D eigenvalue weighted by Crippen LogP contribution is 2.25. The largest absolute Gasteiger partial charge is 0.347 e. The molecule has 1 atom stereocenters. The summed E-state index contributed by atoms with van der Waals surface area (Å²) in [5, 5.41) is 0. The molecule has 0 amide bonds. The summed E-state index contributed by atoms with van der Waals surface area (Å²) in [5.41, 5.74) is 1.56. The van der Waals surface area contributed by atoms with Gasteiger partial charge in [0.2, 0.25) is 0 Å². The first-order chi connectivity index (χ1) is 14.3. The Morgan fingerprint density at radius 1 is 0.655 bits per heavy atom. The lowest BCUT2D eigenvalue weighted by atomic mass is 9.98. The molecular formula is C28H51N. The fourth-order valence-electron chi connectivity index (χ4n) is 4.37. The molecule has 0 N–H and O–H groups in total. The van der Waals surface area contributed by atoms with Crippen LogP contribution in [0.15, 0.2) is 36.2 Å². The van der Waals surface area contributed by atoms with Crippen molar-refractivity contribution in [2.75, 3.05) is 0 Å².